The van der Waals surface area contributed by atoms with Gasteiger partial charge in [-0.05, 0) is 23.1 Å². The molecule has 0 radical (unpaired) electrons. The van der Waals surface area contributed by atoms with Crippen LogP contribution in [0.1, 0.15) is 17.2 Å². The van der Waals surface area contributed by atoms with Crippen LogP contribution in [0.5, 0.6) is 0 Å². The van der Waals surface area contributed by atoms with Crippen molar-refractivity contribution in [2.45, 2.75) is 6.04 Å². The van der Waals surface area contributed by atoms with Crippen molar-refractivity contribution in [1.82, 2.24) is 10.4 Å². The summed E-state index contributed by atoms with van der Waals surface area (Å²) in [5.41, 5.74) is 4.45. The topological polar surface area (TPSA) is 50.9 Å². The lowest BCUT2D eigenvalue weighted by molar-refractivity contribution is 0.616. The van der Waals surface area contributed by atoms with Crippen molar-refractivity contribution in [3.05, 3.63) is 76.8 Å². The average molecular weight is 302 g/mol. The third kappa shape index (κ3) is 2.61. The van der Waals surface area contributed by atoms with E-state index >= 15 is 0 Å². The number of hydrogen-bond donors (Lipinski definition) is 2. The fraction of sp³-hybridized carbons (Fsp3) is 0.0625. The molecule has 3 aromatic rings. The number of aromatic nitrogens is 1. The first-order chi connectivity index (χ1) is 10.2. The number of nitrogens with one attached hydrogen (secondary N) is 1. The van der Waals surface area contributed by atoms with Crippen molar-refractivity contribution in [2.24, 2.45) is 5.84 Å². The van der Waals surface area contributed by atoms with Crippen molar-refractivity contribution in [3.8, 4) is 0 Å². The van der Waals surface area contributed by atoms with Gasteiger partial charge in [-0.15, -0.1) is 0 Å². The second-order valence-electron chi connectivity index (χ2n) is 4.72. The fourth-order valence-electron chi connectivity index (χ4n) is 2.43. The van der Waals surface area contributed by atoms with E-state index in [1.54, 1.807) is 24.5 Å². The molecule has 0 fully saturated rings. The fourth-order valence-corrected chi connectivity index (χ4v) is 2.62. The zero-order valence-corrected chi connectivity index (χ0v) is 11.8. The van der Waals surface area contributed by atoms with Crippen molar-refractivity contribution in [1.29, 1.82) is 0 Å². The van der Waals surface area contributed by atoms with E-state index in [1.165, 1.54) is 6.07 Å². The Hall–Kier alpha value is -2.01. The zero-order valence-electron chi connectivity index (χ0n) is 11.1. The van der Waals surface area contributed by atoms with E-state index in [0.717, 1.165) is 21.9 Å². The minimum absolute atomic E-state index is 0.0703. The lowest BCUT2D eigenvalue weighted by Gasteiger charge is -2.19. The third-order valence-electron chi connectivity index (χ3n) is 3.45. The highest BCUT2D eigenvalue weighted by Crippen LogP contribution is 2.29. The van der Waals surface area contributed by atoms with Crippen LogP contribution in [0.3, 0.4) is 0 Å². The van der Waals surface area contributed by atoms with Gasteiger partial charge in [0.25, 0.3) is 0 Å². The summed E-state index contributed by atoms with van der Waals surface area (Å²) < 4.78 is 13.3. The van der Waals surface area contributed by atoms with Gasteiger partial charge in [0.2, 0.25) is 0 Å². The van der Waals surface area contributed by atoms with E-state index in [2.05, 4.69) is 10.4 Å². The molecule has 0 amide bonds. The number of pyridine rings is 1. The molecular weight excluding hydrogens is 289 g/mol. The second kappa shape index (κ2) is 5.77. The molecule has 1 aromatic heterocycles. The van der Waals surface area contributed by atoms with Gasteiger partial charge < -0.3 is 0 Å². The number of nitrogens with zero attached hydrogens (tertiary/aromatic N) is 1. The van der Waals surface area contributed by atoms with E-state index in [1.807, 2.05) is 24.3 Å². The maximum atomic E-state index is 13.3. The SMILES string of the molecule is NNC(c1ccc(F)c(Cl)c1)c1cncc2ccccc12. The van der Waals surface area contributed by atoms with Crippen molar-refractivity contribution in [3.63, 3.8) is 0 Å². The number of benzene rings is 2. The Morgan fingerprint density at radius 2 is 1.95 bits per heavy atom. The Labute approximate surface area is 126 Å². The lowest BCUT2D eigenvalue weighted by atomic mass is 9.96. The van der Waals surface area contributed by atoms with Crippen LogP contribution in [0.25, 0.3) is 10.8 Å². The van der Waals surface area contributed by atoms with Crippen LogP contribution in [0.15, 0.2) is 54.9 Å². The molecule has 0 saturated carbocycles. The summed E-state index contributed by atoms with van der Waals surface area (Å²) in [5.74, 6) is 5.25. The quantitative estimate of drug-likeness (QED) is 0.574. The Morgan fingerprint density at radius 1 is 1.14 bits per heavy atom. The molecule has 1 atom stereocenters. The van der Waals surface area contributed by atoms with Crippen LogP contribution in [0, 0.1) is 5.82 Å². The first-order valence-corrected chi connectivity index (χ1v) is 6.82. The number of hydrogen-bond acceptors (Lipinski definition) is 3. The Bertz CT molecular complexity index is 786. The van der Waals surface area contributed by atoms with Gasteiger partial charge in [-0.2, -0.15) is 0 Å². The van der Waals surface area contributed by atoms with E-state index in [9.17, 15) is 4.39 Å². The van der Waals surface area contributed by atoms with E-state index in [-0.39, 0.29) is 11.1 Å². The predicted molar refractivity (Wildman–Crippen MR) is 82.3 cm³/mol. The Balaban J connectivity index is 2.16. The summed E-state index contributed by atoms with van der Waals surface area (Å²) in [6, 6.07) is 12.1. The lowest BCUT2D eigenvalue weighted by Crippen LogP contribution is -2.29. The number of rotatable bonds is 3. The van der Waals surface area contributed by atoms with Gasteiger partial charge in [0, 0.05) is 23.3 Å². The molecule has 1 heterocycles. The summed E-state index contributed by atoms with van der Waals surface area (Å²) in [6.45, 7) is 0. The van der Waals surface area contributed by atoms with E-state index < -0.39 is 5.82 Å². The number of nitrogens with two attached hydrogens (primary N) is 1. The normalized spacial score (nSPS) is 12.5. The Kier molecular flexibility index (Phi) is 3.84. The molecule has 2 aromatic carbocycles. The molecule has 5 heteroatoms. The van der Waals surface area contributed by atoms with Crippen molar-refractivity contribution in [2.75, 3.05) is 0 Å². The summed E-state index contributed by atoms with van der Waals surface area (Å²) in [7, 11) is 0. The zero-order chi connectivity index (χ0) is 14.8. The van der Waals surface area contributed by atoms with Crippen LogP contribution in [0.4, 0.5) is 4.39 Å². The first kappa shape index (κ1) is 13.9. The summed E-state index contributed by atoms with van der Waals surface area (Å²) in [5, 5.41) is 2.13. The molecule has 0 aliphatic carbocycles. The number of halogens is 2. The van der Waals surface area contributed by atoms with Crippen LogP contribution in [-0.4, -0.2) is 4.98 Å². The van der Waals surface area contributed by atoms with Crippen molar-refractivity contribution < 1.29 is 4.39 Å². The molecule has 3 nitrogen and oxygen atoms in total. The van der Waals surface area contributed by atoms with Crippen LogP contribution in [-0.2, 0) is 0 Å². The molecule has 106 valence electrons. The standard InChI is InChI=1S/C16H13ClFN3/c17-14-7-10(5-6-15(14)18)16(21-19)13-9-20-8-11-3-1-2-4-12(11)13/h1-9,16,21H,19H2. The summed E-state index contributed by atoms with van der Waals surface area (Å²) >= 11 is 5.86. The van der Waals surface area contributed by atoms with Gasteiger partial charge in [0.15, 0.2) is 0 Å². The molecule has 3 rings (SSSR count). The largest absolute Gasteiger partial charge is 0.271 e. The van der Waals surface area contributed by atoms with Gasteiger partial charge >= 0.3 is 0 Å². The molecule has 3 N–H and O–H groups in total. The average Bonchev–Trinajstić information content (AvgIpc) is 2.52. The predicted octanol–water partition coefficient (Wildman–Crippen LogP) is 3.58. The molecule has 0 aliphatic heterocycles. The van der Waals surface area contributed by atoms with Crippen LogP contribution < -0.4 is 11.3 Å². The first-order valence-electron chi connectivity index (χ1n) is 6.44. The molecule has 0 aliphatic rings. The van der Waals surface area contributed by atoms with E-state index in [4.69, 9.17) is 17.4 Å². The van der Waals surface area contributed by atoms with Gasteiger partial charge in [0.1, 0.15) is 5.82 Å². The second-order valence-corrected chi connectivity index (χ2v) is 5.13. The number of fused-ring (bicyclic) bond motifs is 1. The van der Waals surface area contributed by atoms with Gasteiger partial charge in [-0.1, -0.05) is 41.9 Å². The molecule has 0 saturated heterocycles. The Morgan fingerprint density at radius 3 is 2.71 bits per heavy atom. The van der Waals surface area contributed by atoms with E-state index in [0.29, 0.717) is 0 Å². The molecule has 0 bridgehead atoms. The maximum Gasteiger partial charge on any atom is 0.141 e. The van der Waals surface area contributed by atoms with Gasteiger partial charge in [0.05, 0.1) is 11.1 Å². The highest BCUT2D eigenvalue weighted by atomic mass is 35.5. The minimum Gasteiger partial charge on any atom is -0.271 e. The molecule has 21 heavy (non-hydrogen) atoms. The van der Waals surface area contributed by atoms with Crippen molar-refractivity contribution >= 4 is 22.4 Å². The highest BCUT2D eigenvalue weighted by Gasteiger charge is 2.16. The van der Waals surface area contributed by atoms with Crippen LogP contribution in [0.2, 0.25) is 5.02 Å². The minimum atomic E-state index is -0.452. The smallest absolute Gasteiger partial charge is 0.141 e. The van der Waals surface area contributed by atoms with Gasteiger partial charge in [-0.3, -0.25) is 10.8 Å². The maximum absolute atomic E-state index is 13.3. The molecule has 1 unspecified atom stereocenters. The monoisotopic (exact) mass is 301 g/mol. The molecular formula is C16H13ClFN3. The van der Waals surface area contributed by atoms with Gasteiger partial charge in [-0.25, -0.2) is 9.82 Å². The number of hydrazine groups is 1. The third-order valence-corrected chi connectivity index (χ3v) is 3.74. The summed E-state index contributed by atoms with van der Waals surface area (Å²) in [6.07, 6.45) is 3.55. The highest BCUT2D eigenvalue weighted by molar-refractivity contribution is 6.30. The van der Waals surface area contributed by atoms with Crippen LogP contribution >= 0.6 is 11.6 Å². The summed E-state index contributed by atoms with van der Waals surface area (Å²) in [4.78, 5) is 4.24. The molecule has 0 spiro atoms.